The van der Waals surface area contributed by atoms with E-state index in [-0.39, 0.29) is 0 Å². The molecule has 24 heavy (non-hydrogen) atoms. The van der Waals surface area contributed by atoms with E-state index in [1.807, 2.05) is 0 Å². The van der Waals surface area contributed by atoms with Crippen molar-refractivity contribution in [3.05, 3.63) is 58.7 Å². The molecule has 0 fully saturated rings. The molecule has 0 saturated heterocycles. The van der Waals surface area contributed by atoms with Crippen molar-refractivity contribution in [2.75, 3.05) is 14.1 Å². The van der Waals surface area contributed by atoms with E-state index in [1.165, 1.54) is 39.8 Å². The first kappa shape index (κ1) is 15.5. The maximum atomic E-state index is 6.37. The molecule has 0 N–H and O–H groups in total. The molecule has 0 saturated carbocycles. The van der Waals surface area contributed by atoms with Gasteiger partial charge in [-0.05, 0) is 87.7 Å². The zero-order chi connectivity index (χ0) is 16.8. The largest absolute Gasteiger partial charge is 0.456 e. The Hall–Kier alpha value is -2.06. The van der Waals surface area contributed by atoms with Crippen LogP contribution in [0.15, 0.2) is 36.4 Å². The van der Waals surface area contributed by atoms with Crippen LogP contribution in [0.2, 0.25) is 0 Å². The summed E-state index contributed by atoms with van der Waals surface area (Å²) in [5.74, 6) is 2.00. The monoisotopic (exact) mass is 319 g/mol. The summed E-state index contributed by atoms with van der Waals surface area (Å²) in [6.07, 6.45) is 3.42. The third kappa shape index (κ3) is 2.46. The van der Waals surface area contributed by atoms with Crippen LogP contribution in [0.25, 0.3) is 11.1 Å². The van der Waals surface area contributed by atoms with Gasteiger partial charge in [-0.15, -0.1) is 0 Å². The van der Waals surface area contributed by atoms with Gasteiger partial charge in [0, 0.05) is 17.2 Å². The standard InChI is InChI=1S/C22H25NO/c1-14-11-20-19-13-16(23(3)4)9-10-17(19)18-7-5-6-8-21(18)24-22(20)12-15(14)2/h5-8,11-12,16H,9-10,13H2,1-4H3. The predicted molar refractivity (Wildman–Crippen MR) is 101 cm³/mol. The minimum absolute atomic E-state index is 0.600. The molecular weight excluding hydrogens is 294 g/mol. The van der Waals surface area contributed by atoms with Crippen LogP contribution in [-0.4, -0.2) is 25.0 Å². The van der Waals surface area contributed by atoms with Crippen molar-refractivity contribution >= 4 is 11.1 Å². The first-order valence-electron chi connectivity index (χ1n) is 8.82. The summed E-state index contributed by atoms with van der Waals surface area (Å²) in [5, 5.41) is 0. The second-order valence-electron chi connectivity index (χ2n) is 7.35. The Labute approximate surface area is 144 Å². The minimum atomic E-state index is 0.600. The molecule has 2 aliphatic rings. The van der Waals surface area contributed by atoms with Crippen LogP contribution in [-0.2, 0) is 0 Å². The topological polar surface area (TPSA) is 12.5 Å². The van der Waals surface area contributed by atoms with Crippen LogP contribution >= 0.6 is 0 Å². The third-order valence-electron chi connectivity index (χ3n) is 5.62. The van der Waals surface area contributed by atoms with Crippen LogP contribution in [0, 0.1) is 13.8 Å². The highest BCUT2D eigenvalue weighted by atomic mass is 16.5. The summed E-state index contributed by atoms with van der Waals surface area (Å²) in [6.45, 7) is 4.36. The van der Waals surface area contributed by atoms with Crippen LogP contribution < -0.4 is 4.74 Å². The van der Waals surface area contributed by atoms with Gasteiger partial charge in [0.2, 0.25) is 0 Å². The number of ether oxygens (including phenoxy) is 1. The lowest BCUT2D eigenvalue weighted by molar-refractivity contribution is 0.281. The lowest BCUT2D eigenvalue weighted by Gasteiger charge is -2.31. The van der Waals surface area contributed by atoms with E-state index in [0.717, 1.165) is 24.3 Å². The zero-order valence-electron chi connectivity index (χ0n) is 15.0. The van der Waals surface area contributed by atoms with Gasteiger partial charge in [0.15, 0.2) is 0 Å². The van der Waals surface area contributed by atoms with Crippen molar-refractivity contribution in [1.29, 1.82) is 0 Å². The Bertz CT molecular complexity index is 832. The molecule has 2 aromatic rings. The molecule has 0 spiro atoms. The number of nitrogens with zero attached hydrogens (tertiary/aromatic N) is 1. The number of allylic oxidation sites excluding steroid dienone is 1. The van der Waals surface area contributed by atoms with E-state index >= 15 is 0 Å². The molecule has 1 atom stereocenters. The average Bonchev–Trinajstić information content (AvgIpc) is 2.70. The summed E-state index contributed by atoms with van der Waals surface area (Å²) in [5.41, 5.74) is 8.14. The number of para-hydroxylation sites is 1. The van der Waals surface area contributed by atoms with E-state index in [4.69, 9.17) is 4.74 Å². The molecule has 0 radical (unpaired) electrons. The lowest BCUT2D eigenvalue weighted by Crippen LogP contribution is -2.30. The van der Waals surface area contributed by atoms with Gasteiger partial charge in [-0.25, -0.2) is 0 Å². The number of rotatable bonds is 1. The molecule has 0 aromatic heterocycles. The number of hydrogen-bond acceptors (Lipinski definition) is 2. The number of benzene rings is 2. The predicted octanol–water partition coefficient (Wildman–Crippen LogP) is 5.43. The number of hydrogen-bond donors (Lipinski definition) is 0. The fourth-order valence-corrected chi connectivity index (χ4v) is 3.97. The van der Waals surface area contributed by atoms with Gasteiger partial charge in [-0.3, -0.25) is 0 Å². The molecular formula is C22H25NO. The van der Waals surface area contributed by atoms with Crippen LogP contribution in [0.5, 0.6) is 11.5 Å². The smallest absolute Gasteiger partial charge is 0.135 e. The van der Waals surface area contributed by atoms with E-state index in [0.29, 0.717) is 6.04 Å². The van der Waals surface area contributed by atoms with Crippen molar-refractivity contribution in [3.63, 3.8) is 0 Å². The number of aryl methyl sites for hydroxylation is 2. The molecule has 2 aromatic carbocycles. The maximum Gasteiger partial charge on any atom is 0.135 e. The quantitative estimate of drug-likeness (QED) is 0.694. The first-order chi connectivity index (χ1) is 11.5. The third-order valence-corrected chi connectivity index (χ3v) is 5.62. The van der Waals surface area contributed by atoms with E-state index in [9.17, 15) is 0 Å². The van der Waals surface area contributed by atoms with E-state index < -0.39 is 0 Å². The number of fused-ring (bicyclic) bond motifs is 4. The van der Waals surface area contributed by atoms with Crippen molar-refractivity contribution in [2.45, 2.75) is 39.2 Å². The molecule has 1 unspecified atom stereocenters. The second kappa shape index (κ2) is 5.78. The lowest BCUT2D eigenvalue weighted by atomic mass is 9.81. The molecule has 0 amide bonds. The minimum Gasteiger partial charge on any atom is -0.456 e. The normalized spacial score (nSPS) is 19.3. The molecule has 4 rings (SSSR count). The maximum absolute atomic E-state index is 6.37. The van der Waals surface area contributed by atoms with Gasteiger partial charge in [-0.1, -0.05) is 18.2 Å². The van der Waals surface area contributed by atoms with Gasteiger partial charge in [0.05, 0.1) is 0 Å². The molecule has 0 bridgehead atoms. The molecule has 1 heterocycles. The van der Waals surface area contributed by atoms with Crippen molar-refractivity contribution in [3.8, 4) is 11.5 Å². The van der Waals surface area contributed by atoms with E-state index in [1.54, 1.807) is 0 Å². The summed E-state index contributed by atoms with van der Waals surface area (Å²) in [6, 6.07) is 13.6. The molecule has 2 nitrogen and oxygen atoms in total. The summed E-state index contributed by atoms with van der Waals surface area (Å²) in [7, 11) is 4.39. The molecule has 2 heteroatoms. The van der Waals surface area contributed by atoms with E-state index in [2.05, 4.69) is 69.2 Å². The summed E-state index contributed by atoms with van der Waals surface area (Å²) >= 11 is 0. The SMILES string of the molecule is Cc1cc2c(cc1C)C1=C(CCC(N(C)C)C1)c1ccccc1O2. The van der Waals surface area contributed by atoms with Gasteiger partial charge < -0.3 is 9.64 Å². The highest BCUT2D eigenvalue weighted by molar-refractivity contribution is 5.96. The van der Waals surface area contributed by atoms with Crippen LogP contribution in [0.1, 0.15) is 41.5 Å². The van der Waals surface area contributed by atoms with Gasteiger partial charge in [0.25, 0.3) is 0 Å². The van der Waals surface area contributed by atoms with Crippen LogP contribution in [0.4, 0.5) is 0 Å². The highest BCUT2D eigenvalue weighted by Gasteiger charge is 2.29. The van der Waals surface area contributed by atoms with Gasteiger partial charge in [0.1, 0.15) is 11.5 Å². The molecule has 1 aliphatic carbocycles. The van der Waals surface area contributed by atoms with Crippen molar-refractivity contribution in [2.24, 2.45) is 0 Å². The Morgan fingerprint density at radius 1 is 0.917 bits per heavy atom. The Kier molecular flexibility index (Phi) is 3.73. The Morgan fingerprint density at radius 3 is 2.46 bits per heavy atom. The summed E-state index contributed by atoms with van der Waals surface area (Å²) in [4.78, 5) is 2.36. The Balaban J connectivity index is 1.96. The first-order valence-corrected chi connectivity index (χ1v) is 8.82. The molecule has 1 aliphatic heterocycles. The molecule has 124 valence electrons. The summed E-state index contributed by atoms with van der Waals surface area (Å²) < 4.78 is 6.37. The second-order valence-corrected chi connectivity index (χ2v) is 7.35. The van der Waals surface area contributed by atoms with Gasteiger partial charge in [-0.2, -0.15) is 0 Å². The fourth-order valence-electron chi connectivity index (χ4n) is 3.97. The average molecular weight is 319 g/mol. The van der Waals surface area contributed by atoms with Crippen LogP contribution in [0.3, 0.4) is 0 Å². The van der Waals surface area contributed by atoms with Gasteiger partial charge >= 0.3 is 0 Å². The Morgan fingerprint density at radius 2 is 1.67 bits per heavy atom. The van der Waals surface area contributed by atoms with Crippen molar-refractivity contribution < 1.29 is 4.74 Å². The zero-order valence-corrected chi connectivity index (χ0v) is 15.0. The fraction of sp³-hybridized carbons (Fsp3) is 0.364. The highest BCUT2D eigenvalue weighted by Crippen LogP contribution is 2.48. The van der Waals surface area contributed by atoms with Crippen molar-refractivity contribution in [1.82, 2.24) is 4.90 Å².